The number of amides is 1. The molecule has 0 aliphatic carbocycles. The number of ether oxygens (including phenoxy) is 1. The van der Waals surface area contributed by atoms with Crippen LogP contribution in [0.5, 0.6) is 0 Å². The molecule has 0 N–H and O–H groups in total. The fourth-order valence-corrected chi connectivity index (χ4v) is 2.88. The Balaban J connectivity index is 2.05. The van der Waals surface area contributed by atoms with E-state index in [-0.39, 0.29) is 18.3 Å². The van der Waals surface area contributed by atoms with Crippen LogP contribution in [0, 0.1) is 0 Å². The summed E-state index contributed by atoms with van der Waals surface area (Å²) in [5.74, 6) is -0.339. The Morgan fingerprint density at radius 2 is 2.05 bits per heavy atom. The van der Waals surface area contributed by atoms with Gasteiger partial charge in [0.05, 0.1) is 18.6 Å². The van der Waals surface area contributed by atoms with Crippen LogP contribution in [0.3, 0.4) is 0 Å². The van der Waals surface area contributed by atoms with Crippen LogP contribution in [0.15, 0.2) is 29.6 Å². The number of carbonyl (C=O) groups excluding carboxylic acids is 2. The van der Waals surface area contributed by atoms with Crippen LogP contribution in [0.2, 0.25) is 0 Å². The van der Waals surface area contributed by atoms with Gasteiger partial charge in [0.15, 0.2) is 0 Å². The molecule has 0 saturated heterocycles. The Hall–Kier alpha value is -1.88. The van der Waals surface area contributed by atoms with Gasteiger partial charge in [-0.2, -0.15) is 0 Å². The Morgan fingerprint density at radius 3 is 2.80 bits per heavy atom. The van der Waals surface area contributed by atoms with Gasteiger partial charge in [0.1, 0.15) is 0 Å². The molecular formula is C15H17NO3S. The molecule has 0 radical (unpaired) electrons. The summed E-state index contributed by atoms with van der Waals surface area (Å²) >= 11 is 1.55. The van der Waals surface area contributed by atoms with Crippen LogP contribution in [0.1, 0.15) is 23.7 Å². The van der Waals surface area contributed by atoms with Gasteiger partial charge in [-0.15, -0.1) is 11.3 Å². The molecular weight excluding hydrogens is 274 g/mol. The van der Waals surface area contributed by atoms with Crippen molar-refractivity contribution in [1.82, 2.24) is 4.90 Å². The lowest BCUT2D eigenvalue weighted by atomic mass is 10.1. The molecule has 0 atom stereocenters. The van der Waals surface area contributed by atoms with Crippen molar-refractivity contribution >= 4 is 33.3 Å². The number of hydrogen-bond donors (Lipinski definition) is 0. The van der Waals surface area contributed by atoms with Crippen molar-refractivity contribution in [3.8, 4) is 0 Å². The van der Waals surface area contributed by atoms with Crippen molar-refractivity contribution in [2.24, 2.45) is 0 Å². The summed E-state index contributed by atoms with van der Waals surface area (Å²) in [5, 5.41) is 2.83. The molecule has 20 heavy (non-hydrogen) atoms. The second kappa shape index (κ2) is 6.52. The predicted octanol–water partition coefficient (Wildman–Crippen LogP) is 2.93. The van der Waals surface area contributed by atoms with Gasteiger partial charge in [0, 0.05) is 29.1 Å². The monoisotopic (exact) mass is 291 g/mol. The maximum absolute atomic E-state index is 12.4. The molecule has 0 fully saturated rings. The van der Waals surface area contributed by atoms with E-state index < -0.39 is 0 Å². The number of fused-ring (bicyclic) bond motifs is 1. The molecule has 0 aliphatic heterocycles. The highest BCUT2D eigenvalue weighted by Gasteiger charge is 2.17. The Bertz CT molecular complexity index is 620. The number of nitrogens with zero attached hydrogens (tertiary/aromatic N) is 1. The van der Waals surface area contributed by atoms with E-state index in [9.17, 15) is 9.59 Å². The van der Waals surface area contributed by atoms with Gasteiger partial charge in [-0.05, 0) is 13.0 Å². The molecule has 2 aromatic rings. The third-order valence-corrected chi connectivity index (χ3v) is 3.98. The maximum Gasteiger partial charge on any atom is 0.307 e. The van der Waals surface area contributed by atoms with Gasteiger partial charge in [-0.1, -0.05) is 18.2 Å². The van der Waals surface area contributed by atoms with Gasteiger partial charge >= 0.3 is 5.97 Å². The Labute approximate surface area is 122 Å². The second-order valence-corrected chi connectivity index (χ2v) is 5.34. The average Bonchev–Trinajstić information content (AvgIpc) is 2.88. The van der Waals surface area contributed by atoms with E-state index >= 15 is 0 Å². The number of hydrogen-bond acceptors (Lipinski definition) is 4. The van der Waals surface area contributed by atoms with E-state index in [0.717, 1.165) is 10.1 Å². The molecule has 1 aromatic heterocycles. The highest BCUT2D eigenvalue weighted by molar-refractivity contribution is 7.17. The number of esters is 1. The smallest absolute Gasteiger partial charge is 0.307 e. The number of benzene rings is 1. The minimum atomic E-state index is -0.276. The molecule has 2 rings (SSSR count). The first-order valence-corrected chi connectivity index (χ1v) is 7.38. The normalized spacial score (nSPS) is 10.5. The summed E-state index contributed by atoms with van der Waals surface area (Å²) in [7, 11) is 1.70. The van der Waals surface area contributed by atoms with Gasteiger partial charge in [-0.3, -0.25) is 9.59 Å². The van der Waals surface area contributed by atoms with Gasteiger partial charge < -0.3 is 9.64 Å². The summed E-state index contributed by atoms with van der Waals surface area (Å²) in [4.78, 5) is 25.2. The van der Waals surface area contributed by atoms with Crippen molar-refractivity contribution in [1.29, 1.82) is 0 Å². The third kappa shape index (κ3) is 3.17. The lowest BCUT2D eigenvalue weighted by Crippen LogP contribution is -2.29. The molecule has 0 aliphatic rings. The minimum Gasteiger partial charge on any atom is -0.466 e. The van der Waals surface area contributed by atoms with Crippen LogP contribution in [0.4, 0.5) is 0 Å². The van der Waals surface area contributed by atoms with Gasteiger partial charge in [0.2, 0.25) is 0 Å². The van der Waals surface area contributed by atoms with Crippen LogP contribution in [-0.2, 0) is 9.53 Å². The van der Waals surface area contributed by atoms with E-state index in [0.29, 0.717) is 18.7 Å². The third-order valence-electron chi connectivity index (χ3n) is 3.01. The second-order valence-electron chi connectivity index (χ2n) is 4.43. The molecule has 0 spiro atoms. The number of thiophene rings is 1. The Morgan fingerprint density at radius 1 is 1.30 bits per heavy atom. The summed E-state index contributed by atoms with van der Waals surface area (Å²) in [6, 6.07) is 7.82. The molecule has 5 heteroatoms. The molecule has 106 valence electrons. The fourth-order valence-electron chi connectivity index (χ4n) is 1.94. The number of carbonyl (C=O) groups is 2. The standard InChI is InChI=1S/C15H17NO3S/c1-3-19-14(17)8-9-16(2)15(18)12-10-20-13-7-5-4-6-11(12)13/h4-7,10H,3,8-9H2,1-2H3. The van der Waals surface area contributed by atoms with Crippen molar-refractivity contribution < 1.29 is 14.3 Å². The maximum atomic E-state index is 12.4. The Kier molecular flexibility index (Phi) is 4.74. The van der Waals surface area contributed by atoms with Crippen LogP contribution in [0.25, 0.3) is 10.1 Å². The summed E-state index contributed by atoms with van der Waals surface area (Å²) in [5.41, 5.74) is 0.692. The fraction of sp³-hybridized carbons (Fsp3) is 0.333. The summed E-state index contributed by atoms with van der Waals surface area (Å²) in [6.07, 6.45) is 0.220. The highest BCUT2D eigenvalue weighted by Crippen LogP contribution is 2.26. The summed E-state index contributed by atoms with van der Waals surface area (Å²) in [6.45, 7) is 2.50. The van der Waals surface area contributed by atoms with E-state index in [4.69, 9.17) is 4.74 Å². The van der Waals surface area contributed by atoms with E-state index in [1.807, 2.05) is 29.6 Å². The molecule has 4 nitrogen and oxygen atoms in total. The van der Waals surface area contributed by atoms with Crippen molar-refractivity contribution in [3.63, 3.8) is 0 Å². The quantitative estimate of drug-likeness (QED) is 0.796. The van der Waals surface area contributed by atoms with Gasteiger partial charge in [-0.25, -0.2) is 0 Å². The zero-order chi connectivity index (χ0) is 14.5. The van der Waals surface area contributed by atoms with Gasteiger partial charge in [0.25, 0.3) is 5.91 Å². The zero-order valence-corrected chi connectivity index (χ0v) is 12.4. The van der Waals surface area contributed by atoms with E-state index in [1.165, 1.54) is 0 Å². The molecule has 1 amide bonds. The van der Waals surface area contributed by atoms with Crippen molar-refractivity contribution in [3.05, 3.63) is 35.2 Å². The molecule has 1 aromatic carbocycles. The first kappa shape index (κ1) is 14.5. The molecule has 0 saturated carbocycles. The predicted molar refractivity (Wildman–Crippen MR) is 80.0 cm³/mol. The van der Waals surface area contributed by atoms with E-state index in [2.05, 4.69) is 0 Å². The number of rotatable bonds is 5. The van der Waals surface area contributed by atoms with Crippen LogP contribution < -0.4 is 0 Å². The molecule has 0 bridgehead atoms. The van der Waals surface area contributed by atoms with Crippen molar-refractivity contribution in [2.75, 3.05) is 20.2 Å². The lowest BCUT2D eigenvalue weighted by molar-refractivity contribution is -0.143. The van der Waals surface area contributed by atoms with E-state index in [1.54, 1.807) is 30.2 Å². The minimum absolute atomic E-state index is 0.0632. The summed E-state index contributed by atoms with van der Waals surface area (Å²) < 4.78 is 5.95. The molecule has 1 heterocycles. The topological polar surface area (TPSA) is 46.6 Å². The SMILES string of the molecule is CCOC(=O)CCN(C)C(=O)c1csc2ccccc12. The first-order valence-electron chi connectivity index (χ1n) is 6.50. The van der Waals surface area contributed by atoms with Crippen LogP contribution >= 0.6 is 11.3 Å². The highest BCUT2D eigenvalue weighted by atomic mass is 32.1. The van der Waals surface area contributed by atoms with Crippen LogP contribution in [-0.4, -0.2) is 37.0 Å². The zero-order valence-electron chi connectivity index (χ0n) is 11.6. The first-order chi connectivity index (χ1) is 9.63. The lowest BCUT2D eigenvalue weighted by Gasteiger charge is -2.16. The largest absolute Gasteiger partial charge is 0.466 e. The molecule has 0 unspecified atom stereocenters. The van der Waals surface area contributed by atoms with Crippen molar-refractivity contribution in [2.45, 2.75) is 13.3 Å². The average molecular weight is 291 g/mol.